The summed E-state index contributed by atoms with van der Waals surface area (Å²) >= 11 is 0. The van der Waals surface area contributed by atoms with Gasteiger partial charge in [-0.15, -0.1) is 0 Å². The molecule has 2 aromatic carbocycles. The minimum atomic E-state index is -1.05. The maximum atomic E-state index is 14.7. The number of nitrogens with one attached hydrogen (secondary N) is 2. The van der Waals surface area contributed by atoms with E-state index in [1.165, 1.54) is 43.3 Å². The summed E-state index contributed by atoms with van der Waals surface area (Å²) in [7, 11) is 9.31. The molecule has 6 unspecified atom stereocenters. The van der Waals surface area contributed by atoms with E-state index in [-0.39, 0.29) is 79.7 Å². The van der Waals surface area contributed by atoms with E-state index in [0.29, 0.717) is 62.1 Å². The van der Waals surface area contributed by atoms with Crippen molar-refractivity contribution >= 4 is 47.3 Å². The molecule has 0 aromatic heterocycles. The molecule has 4 rings (SSSR count). The van der Waals surface area contributed by atoms with Crippen molar-refractivity contribution in [3.63, 3.8) is 0 Å². The molecule has 2 aromatic rings. The lowest BCUT2D eigenvalue weighted by atomic mass is 9.89. The normalized spacial score (nSPS) is 17.5. The van der Waals surface area contributed by atoms with Crippen LogP contribution < -0.4 is 20.1 Å². The topological polar surface area (TPSA) is 220 Å². The lowest BCUT2D eigenvalue weighted by molar-refractivity contribution is -0.151. The monoisotopic (exact) mass is 1070 g/mol. The first kappa shape index (κ1) is 63.2. The van der Waals surface area contributed by atoms with Crippen LogP contribution in [0.5, 0.6) is 11.5 Å². The molecule has 2 aliphatic rings. The zero-order valence-electron chi connectivity index (χ0n) is 47.7. The average Bonchev–Trinajstić information content (AvgIpc) is 4.04. The summed E-state index contributed by atoms with van der Waals surface area (Å²) in [5.41, 5.74) is 1.42. The van der Waals surface area contributed by atoms with Crippen LogP contribution in [-0.2, 0) is 65.6 Å². The number of hydrogen-bond donors (Lipinski definition) is 2. The summed E-state index contributed by atoms with van der Waals surface area (Å²) in [4.78, 5) is 115. The highest BCUT2D eigenvalue weighted by Gasteiger charge is 2.44. The molecule has 0 bridgehead atoms. The van der Waals surface area contributed by atoms with Gasteiger partial charge < -0.3 is 49.0 Å². The predicted molar refractivity (Wildman–Crippen MR) is 290 cm³/mol. The summed E-state index contributed by atoms with van der Waals surface area (Å²) < 4.78 is 28.7. The predicted octanol–water partition coefficient (Wildman–Crippen LogP) is 5.50. The number of rotatable bonds is 31. The van der Waals surface area contributed by atoms with Gasteiger partial charge in [0.25, 0.3) is 11.8 Å². The molecular weight excluding hydrogens is 989 g/mol. The van der Waals surface area contributed by atoms with Crippen LogP contribution in [0.2, 0.25) is 0 Å². The molecule has 77 heavy (non-hydrogen) atoms. The molecule has 0 aliphatic carbocycles. The van der Waals surface area contributed by atoms with Crippen LogP contribution in [0.4, 0.5) is 0 Å². The zero-order chi connectivity index (χ0) is 57.1. The maximum absolute atomic E-state index is 14.7. The number of amides is 7. The molecule has 2 N–H and O–H groups in total. The zero-order valence-corrected chi connectivity index (χ0v) is 47.7. The van der Waals surface area contributed by atoms with E-state index < -0.39 is 66.1 Å². The third-order valence-electron chi connectivity index (χ3n) is 15.1. The van der Waals surface area contributed by atoms with Crippen molar-refractivity contribution in [2.75, 3.05) is 55.6 Å². The quantitative estimate of drug-likeness (QED) is 0.0542. The lowest BCUT2D eigenvalue weighted by Crippen LogP contribution is -2.60. The number of ether oxygens (including phenoxy) is 5. The first-order chi connectivity index (χ1) is 36.6. The Bertz CT molecular complexity index is 2330. The van der Waals surface area contributed by atoms with Gasteiger partial charge in [0.15, 0.2) is 0 Å². The van der Waals surface area contributed by atoms with Crippen molar-refractivity contribution in [1.29, 1.82) is 0 Å². The summed E-state index contributed by atoms with van der Waals surface area (Å²) in [6.45, 7) is 13.6. The smallest absolute Gasteiger partial charge is 0.329 e. The number of likely N-dealkylation sites (N-methyl/N-ethyl adjacent to an activating group) is 2. The number of carbonyl (C=O) groups is 8. The lowest BCUT2D eigenvalue weighted by Gasteiger charge is -2.41. The van der Waals surface area contributed by atoms with Crippen LogP contribution in [-0.4, -0.2) is 165 Å². The van der Waals surface area contributed by atoms with Gasteiger partial charge in [0.1, 0.15) is 36.2 Å². The Labute approximate surface area is 456 Å². The Morgan fingerprint density at radius 2 is 1.45 bits per heavy atom. The first-order valence-electron chi connectivity index (χ1n) is 27.1. The third-order valence-corrected chi connectivity index (χ3v) is 15.1. The molecule has 19 heteroatoms. The standard InChI is InChI=1S/C58H86N6O13/c1-14-38(6)53(62(9)57(71)51(36(2)3)60-56(70)52(37(4)5)61(8)47(65)25-19-16-20-30-64-48(66)28-29-49(64)67)46(75-12)34-50(68)63-31-21-24-44(63)54(76-13)39(7)55(69)59-43(32-40-22-17-15-18-23-40)58(72)77-35-41-26-27-42(73-10)33-45(41)74-11/h15,17-18,22-23,26-29,33,36-39,43-44,46,51-54H,14,16,19-21,24-25,30-32,34-35H2,1-13H3,(H,59,69)(H,60,70)/t38?,39?,43-,44?,46?,51-,52-,53?,54?/m0/s1. The van der Waals surface area contributed by atoms with E-state index in [1.807, 2.05) is 71.9 Å². The van der Waals surface area contributed by atoms with Crippen LogP contribution >= 0.6 is 0 Å². The van der Waals surface area contributed by atoms with Crippen LogP contribution in [0.15, 0.2) is 60.7 Å². The van der Waals surface area contributed by atoms with E-state index in [9.17, 15) is 38.4 Å². The van der Waals surface area contributed by atoms with Gasteiger partial charge in [-0.1, -0.05) is 91.6 Å². The van der Waals surface area contributed by atoms with Crippen LogP contribution in [0.3, 0.4) is 0 Å². The molecule has 0 saturated carbocycles. The Morgan fingerprint density at radius 3 is 2.04 bits per heavy atom. The van der Waals surface area contributed by atoms with Crippen molar-refractivity contribution < 1.29 is 62.0 Å². The number of esters is 1. The largest absolute Gasteiger partial charge is 0.497 e. The molecule has 0 radical (unpaired) electrons. The molecule has 1 saturated heterocycles. The average molecular weight is 1080 g/mol. The highest BCUT2D eigenvalue weighted by molar-refractivity contribution is 6.12. The van der Waals surface area contributed by atoms with Gasteiger partial charge in [-0.05, 0) is 61.1 Å². The molecule has 7 amide bonds. The van der Waals surface area contributed by atoms with Crippen LogP contribution in [0.1, 0.15) is 111 Å². The summed E-state index contributed by atoms with van der Waals surface area (Å²) in [6.07, 6.45) is 4.70. The molecule has 2 heterocycles. The van der Waals surface area contributed by atoms with Crippen molar-refractivity contribution in [2.24, 2.45) is 23.7 Å². The molecule has 426 valence electrons. The van der Waals surface area contributed by atoms with Gasteiger partial charge in [-0.3, -0.25) is 38.5 Å². The Morgan fingerprint density at radius 1 is 0.779 bits per heavy atom. The Balaban J connectivity index is 1.45. The van der Waals surface area contributed by atoms with Crippen molar-refractivity contribution in [3.05, 3.63) is 71.8 Å². The molecule has 9 atom stereocenters. The van der Waals surface area contributed by atoms with Gasteiger partial charge in [0.05, 0.1) is 50.8 Å². The summed E-state index contributed by atoms with van der Waals surface area (Å²) in [5.74, 6) is -3.67. The third kappa shape index (κ3) is 17.1. The maximum Gasteiger partial charge on any atom is 0.329 e. The number of benzene rings is 2. The molecule has 0 spiro atoms. The van der Waals surface area contributed by atoms with Crippen LogP contribution in [0.25, 0.3) is 0 Å². The Kier molecular flexibility index (Phi) is 25.1. The number of nitrogens with zero attached hydrogens (tertiary/aromatic N) is 4. The Hall–Kier alpha value is -6.34. The van der Waals surface area contributed by atoms with E-state index in [0.717, 1.165) is 5.56 Å². The number of hydrogen-bond acceptors (Lipinski definition) is 13. The van der Waals surface area contributed by atoms with Gasteiger partial charge in [0, 0.05) is 78.0 Å². The van der Waals surface area contributed by atoms with Crippen LogP contribution in [0, 0.1) is 23.7 Å². The molecular formula is C58H86N6O13. The highest BCUT2D eigenvalue weighted by atomic mass is 16.5. The molecule has 2 aliphatic heterocycles. The number of imide groups is 1. The van der Waals surface area contributed by atoms with E-state index in [1.54, 1.807) is 56.1 Å². The van der Waals surface area contributed by atoms with Crippen molar-refractivity contribution in [1.82, 2.24) is 30.2 Å². The van der Waals surface area contributed by atoms with E-state index in [2.05, 4.69) is 10.6 Å². The van der Waals surface area contributed by atoms with Gasteiger partial charge >= 0.3 is 5.97 Å². The minimum Gasteiger partial charge on any atom is -0.497 e. The highest BCUT2D eigenvalue weighted by Crippen LogP contribution is 2.31. The fraction of sp³-hybridized carbons (Fsp3) is 0.621. The second-order valence-corrected chi connectivity index (χ2v) is 21.0. The van der Waals surface area contributed by atoms with Gasteiger partial charge in [-0.2, -0.15) is 0 Å². The summed E-state index contributed by atoms with van der Waals surface area (Å²) in [5, 5.41) is 5.92. The van der Waals surface area contributed by atoms with Crippen molar-refractivity contribution in [3.8, 4) is 11.5 Å². The second-order valence-electron chi connectivity index (χ2n) is 21.0. The van der Waals surface area contributed by atoms with E-state index in [4.69, 9.17) is 23.7 Å². The fourth-order valence-corrected chi connectivity index (χ4v) is 10.5. The number of carbonyl (C=O) groups excluding carboxylic acids is 8. The fourth-order valence-electron chi connectivity index (χ4n) is 10.5. The minimum absolute atomic E-state index is 0.0899. The van der Waals surface area contributed by atoms with Crippen molar-refractivity contribution in [2.45, 2.75) is 155 Å². The van der Waals surface area contributed by atoms with Gasteiger partial charge in [0.2, 0.25) is 29.5 Å². The first-order valence-corrected chi connectivity index (χ1v) is 27.1. The van der Waals surface area contributed by atoms with E-state index >= 15 is 0 Å². The second kappa shape index (κ2) is 30.6. The number of methoxy groups -OCH3 is 4. The SMILES string of the molecule is CCC(C)C(C(CC(=O)N1CCCC1C(OC)C(C)C(=O)N[C@@H](Cc1ccccc1)C(=O)OCc1ccc(OC)cc1OC)OC)N(C)C(=O)[C@@H](NC(=O)[C@H](C(C)C)N(C)C(=O)CCCCCN1C(=O)C=CC1=O)C(C)C. The summed E-state index contributed by atoms with van der Waals surface area (Å²) in [6, 6.07) is 10.5. The number of unbranched alkanes of at least 4 members (excludes halogenated alkanes) is 2. The van der Waals surface area contributed by atoms with Gasteiger partial charge in [-0.25, -0.2) is 4.79 Å². The molecule has 19 nitrogen and oxygen atoms in total. The molecule has 1 fully saturated rings. The number of likely N-dealkylation sites (tertiary alicyclic amines) is 1.